The van der Waals surface area contributed by atoms with Crippen LogP contribution in [-0.2, 0) is 0 Å². The van der Waals surface area contributed by atoms with Gasteiger partial charge in [0.25, 0.3) is 0 Å². The summed E-state index contributed by atoms with van der Waals surface area (Å²) in [4.78, 5) is 8.64. The van der Waals surface area contributed by atoms with Gasteiger partial charge in [-0.3, -0.25) is 0 Å². The van der Waals surface area contributed by atoms with Gasteiger partial charge >= 0.3 is 0 Å². The summed E-state index contributed by atoms with van der Waals surface area (Å²) in [7, 11) is 0. The molecule has 2 aromatic heterocycles. The number of aryl methyl sites for hydroxylation is 1. The lowest BCUT2D eigenvalue weighted by molar-refractivity contribution is 0.208. The smallest absolute Gasteiger partial charge is 0.227 e. The molecule has 0 saturated carbocycles. The lowest BCUT2D eigenvalue weighted by atomic mass is 10.2. The Hall–Kier alpha value is -2.74. The molecule has 1 aromatic carbocycles. The summed E-state index contributed by atoms with van der Waals surface area (Å²) in [5.74, 6) is 0.938. The summed E-state index contributed by atoms with van der Waals surface area (Å²) in [6.45, 7) is 4.07. The molecule has 0 fully saturated rings. The van der Waals surface area contributed by atoms with Crippen molar-refractivity contribution in [2.24, 2.45) is 0 Å². The maximum Gasteiger partial charge on any atom is 0.227 e. The van der Waals surface area contributed by atoms with Crippen molar-refractivity contribution < 1.29 is 5.11 Å². The van der Waals surface area contributed by atoms with E-state index < -0.39 is 6.10 Å². The predicted molar refractivity (Wildman–Crippen MR) is 84.1 cm³/mol. The van der Waals surface area contributed by atoms with Crippen molar-refractivity contribution in [1.29, 1.82) is 0 Å². The second kappa shape index (κ2) is 5.94. The summed E-state index contributed by atoms with van der Waals surface area (Å²) < 4.78 is 0. The Kier molecular flexibility index (Phi) is 3.84. The molecule has 0 aliphatic carbocycles. The first-order chi connectivity index (χ1) is 10.6. The molecule has 22 heavy (non-hydrogen) atoms. The molecule has 1 atom stereocenters. The third-order valence-corrected chi connectivity index (χ3v) is 3.05. The monoisotopic (exact) mass is 299 g/mol. The van der Waals surface area contributed by atoms with Crippen LogP contribution < -0.4 is 10.6 Å². The summed E-state index contributed by atoms with van der Waals surface area (Å²) in [6, 6.07) is 7.95. The first-order valence-electron chi connectivity index (χ1n) is 6.96. The SMILES string of the molecule is Cc1ccc(Nc2nc(NC[C@@H](C)O)nc3n[nH]nc23)cc1. The Morgan fingerprint density at radius 3 is 2.68 bits per heavy atom. The van der Waals surface area contributed by atoms with Gasteiger partial charge in [0.05, 0.1) is 6.10 Å². The van der Waals surface area contributed by atoms with Crippen LogP contribution in [0.5, 0.6) is 0 Å². The second-order valence-electron chi connectivity index (χ2n) is 5.11. The molecule has 114 valence electrons. The predicted octanol–water partition coefficient (Wildman–Crippen LogP) is 1.59. The van der Waals surface area contributed by atoms with Gasteiger partial charge in [-0.05, 0) is 26.0 Å². The van der Waals surface area contributed by atoms with Crippen LogP contribution >= 0.6 is 0 Å². The fourth-order valence-electron chi connectivity index (χ4n) is 1.93. The fourth-order valence-corrected chi connectivity index (χ4v) is 1.93. The van der Waals surface area contributed by atoms with Crippen LogP contribution in [0.2, 0.25) is 0 Å². The molecule has 4 N–H and O–H groups in total. The Morgan fingerprint density at radius 2 is 1.95 bits per heavy atom. The lowest BCUT2D eigenvalue weighted by Crippen LogP contribution is -2.17. The lowest BCUT2D eigenvalue weighted by Gasteiger charge is -2.10. The molecule has 0 aliphatic rings. The zero-order valence-electron chi connectivity index (χ0n) is 12.3. The quantitative estimate of drug-likeness (QED) is 0.566. The molecule has 0 aliphatic heterocycles. The summed E-state index contributed by atoms with van der Waals surface area (Å²) in [6.07, 6.45) is -0.495. The van der Waals surface area contributed by atoms with Crippen molar-refractivity contribution in [3.05, 3.63) is 29.8 Å². The highest BCUT2D eigenvalue weighted by Crippen LogP contribution is 2.22. The van der Waals surface area contributed by atoms with E-state index in [9.17, 15) is 5.11 Å². The van der Waals surface area contributed by atoms with Crippen LogP contribution in [0.4, 0.5) is 17.5 Å². The Bertz CT molecular complexity index is 766. The number of hydrogen-bond acceptors (Lipinski definition) is 7. The summed E-state index contributed by atoms with van der Waals surface area (Å²) >= 11 is 0. The van der Waals surface area contributed by atoms with Crippen molar-refractivity contribution in [3.8, 4) is 0 Å². The molecule has 0 saturated heterocycles. The topological polar surface area (TPSA) is 112 Å². The average molecular weight is 299 g/mol. The molecule has 3 aromatic rings. The van der Waals surface area contributed by atoms with Crippen molar-refractivity contribution in [3.63, 3.8) is 0 Å². The zero-order valence-corrected chi connectivity index (χ0v) is 12.3. The molecule has 0 bridgehead atoms. The van der Waals surface area contributed by atoms with Gasteiger partial charge in [0.1, 0.15) is 0 Å². The highest BCUT2D eigenvalue weighted by atomic mass is 16.3. The van der Waals surface area contributed by atoms with E-state index >= 15 is 0 Å². The maximum atomic E-state index is 9.35. The van der Waals surface area contributed by atoms with Crippen molar-refractivity contribution in [2.45, 2.75) is 20.0 Å². The number of benzene rings is 1. The highest BCUT2D eigenvalue weighted by Gasteiger charge is 2.12. The van der Waals surface area contributed by atoms with Gasteiger partial charge in [0.15, 0.2) is 11.3 Å². The van der Waals surface area contributed by atoms with E-state index in [0.29, 0.717) is 29.5 Å². The van der Waals surface area contributed by atoms with E-state index in [1.807, 2.05) is 31.2 Å². The van der Waals surface area contributed by atoms with Gasteiger partial charge in [0, 0.05) is 12.2 Å². The zero-order chi connectivity index (χ0) is 15.5. The van der Waals surface area contributed by atoms with Gasteiger partial charge in [-0.1, -0.05) is 17.7 Å². The molecular weight excluding hydrogens is 282 g/mol. The molecular formula is C14H17N7O. The van der Waals surface area contributed by atoms with Gasteiger partial charge in [-0.15, -0.1) is 5.10 Å². The van der Waals surface area contributed by atoms with Crippen molar-refractivity contribution in [1.82, 2.24) is 25.4 Å². The van der Waals surface area contributed by atoms with E-state index in [-0.39, 0.29) is 0 Å². The second-order valence-corrected chi connectivity index (χ2v) is 5.11. The Morgan fingerprint density at radius 1 is 1.18 bits per heavy atom. The molecule has 2 heterocycles. The van der Waals surface area contributed by atoms with Crippen LogP contribution in [0.25, 0.3) is 11.2 Å². The number of aliphatic hydroxyl groups is 1. The molecule has 0 amide bonds. The van der Waals surface area contributed by atoms with Gasteiger partial charge in [-0.25, -0.2) is 0 Å². The number of aromatic nitrogens is 5. The van der Waals surface area contributed by atoms with Gasteiger partial charge in [0.2, 0.25) is 11.6 Å². The van der Waals surface area contributed by atoms with Crippen LogP contribution in [0.1, 0.15) is 12.5 Å². The van der Waals surface area contributed by atoms with Crippen LogP contribution in [-0.4, -0.2) is 43.1 Å². The number of hydrogen-bond donors (Lipinski definition) is 4. The molecule has 8 nitrogen and oxygen atoms in total. The number of fused-ring (bicyclic) bond motifs is 1. The van der Waals surface area contributed by atoms with Crippen LogP contribution in [0, 0.1) is 6.92 Å². The average Bonchev–Trinajstić information content (AvgIpc) is 2.96. The molecule has 0 unspecified atom stereocenters. The van der Waals surface area contributed by atoms with Gasteiger partial charge < -0.3 is 15.7 Å². The van der Waals surface area contributed by atoms with E-state index in [0.717, 1.165) is 5.69 Å². The number of aromatic amines is 1. The maximum absolute atomic E-state index is 9.35. The highest BCUT2D eigenvalue weighted by molar-refractivity contribution is 5.85. The molecule has 8 heteroatoms. The standard InChI is InChI=1S/C14H17N7O/c1-8-3-5-10(6-4-8)16-12-11-13(20-21-19-11)18-14(17-12)15-7-9(2)22/h3-6,9,22H,7H2,1-2H3,(H3,15,16,17,18,19,20,21)/t9-/m1/s1. The van der Waals surface area contributed by atoms with E-state index in [2.05, 4.69) is 36.0 Å². The number of nitrogens with zero attached hydrogens (tertiary/aromatic N) is 4. The summed E-state index contributed by atoms with van der Waals surface area (Å²) in [5, 5.41) is 26.1. The van der Waals surface area contributed by atoms with Crippen LogP contribution in [0.3, 0.4) is 0 Å². The number of aliphatic hydroxyl groups excluding tert-OH is 1. The Labute approximate surface area is 127 Å². The minimum Gasteiger partial charge on any atom is -0.392 e. The number of H-pyrrole nitrogens is 1. The Balaban J connectivity index is 1.92. The van der Waals surface area contributed by atoms with Crippen molar-refractivity contribution in [2.75, 3.05) is 17.2 Å². The normalized spacial score (nSPS) is 12.3. The van der Waals surface area contributed by atoms with E-state index in [1.165, 1.54) is 5.56 Å². The number of nitrogens with one attached hydrogen (secondary N) is 3. The first-order valence-corrected chi connectivity index (χ1v) is 6.96. The van der Waals surface area contributed by atoms with E-state index in [1.54, 1.807) is 6.92 Å². The third kappa shape index (κ3) is 3.12. The van der Waals surface area contributed by atoms with E-state index in [4.69, 9.17) is 0 Å². The molecule has 0 radical (unpaired) electrons. The minimum atomic E-state index is -0.495. The fraction of sp³-hybridized carbons (Fsp3) is 0.286. The first kappa shape index (κ1) is 14.2. The largest absolute Gasteiger partial charge is 0.392 e. The third-order valence-electron chi connectivity index (χ3n) is 3.05. The van der Waals surface area contributed by atoms with Crippen LogP contribution in [0.15, 0.2) is 24.3 Å². The number of anilines is 3. The van der Waals surface area contributed by atoms with Crippen molar-refractivity contribution >= 4 is 28.6 Å². The molecule has 3 rings (SSSR count). The minimum absolute atomic E-state index is 0.354. The number of rotatable bonds is 5. The molecule has 0 spiro atoms. The summed E-state index contributed by atoms with van der Waals surface area (Å²) in [5.41, 5.74) is 3.09. The van der Waals surface area contributed by atoms with Gasteiger partial charge in [-0.2, -0.15) is 20.3 Å².